The van der Waals surface area contributed by atoms with E-state index in [0.717, 1.165) is 14.0 Å². The number of nitrogens with two attached hydrogens (primary N) is 2. The Morgan fingerprint density at radius 2 is 1.11 bits per heavy atom. The molecule has 2 atom stereocenters. The van der Waals surface area contributed by atoms with Gasteiger partial charge in [-0.3, -0.25) is 23.4 Å². The van der Waals surface area contributed by atoms with Crippen molar-refractivity contribution in [1.29, 1.82) is 0 Å². The lowest BCUT2D eigenvalue weighted by molar-refractivity contribution is 0.425. The summed E-state index contributed by atoms with van der Waals surface area (Å²) in [5, 5.41) is 27.1. The van der Waals surface area contributed by atoms with Crippen LogP contribution in [0.2, 0.25) is 5.02 Å². The average Bonchev–Trinajstić information content (AvgIpc) is 2.68. The highest BCUT2D eigenvalue weighted by Crippen LogP contribution is 2.34. The summed E-state index contributed by atoms with van der Waals surface area (Å²) in [6.45, 7) is 18.6. The van der Waals surface area contributed by atoms with Crippen molar-refractivity contribution in [2.45, 2.75) is 31.7 Å². The van der Waals surface area contributed by atoms with Gasteiger partial charge >= 0.3 is 17.3 Å². The van der Waals surface area contributed by atoms with E-state index in [1.807, 2.05) is 117 Å². The molecule has 9 N–H and O–H groups in total. The third kappa shape index (κ3) is 14.8. The number of nitrogens with one attached hydrogen (secondary N) is 3. The number of benzene rings is 6. The quantitative estimate of drug-likeness (QED) is 0.0352. The Kier molecular flexibility index (Phi) is 20.0. The summed E-state index contributed by atoms with van der Waals surface area (Å²) in [4.78, 5) is 50.9. The van der Waals surface area contributed by atoms with Crippen molar-refractivity contribution in [3.8, 4) is 22.5 Å². The normalized spacial score (nSPS) is 12.0. The lowest BCUT2D eigenvalue weighted by atomic mass is 9.80. The smallest absolute Gasteiger partial charge is 0.423 e. The highest BCUT2D eigenvalue weighted by atomic mass is 35.5. The first-order chi connectivity index (χ1) is 41.9. The zero-order chi connectivity index (χ0) is 63.6. The molecule has 448 valence electrons. The third-order valence-corrected chi connectivity index (χ3v) is 17.2. The first-order valence-electron chi connectivity index (χ1n) is 26.7. The van der Waals surface area contributed by atoms with Crippen LogP contribution >= 0.6 is 11.6 Å². The molecule has 0 fully saturated rings. The second kappa shape index (κ2) is 27.6. The Morgan fingerprint density at radius 3 is 1.61 bits per heavy atom. The first kappa shape index (κ1) is 64.0. The number of pyridine rings is 2. The number of nitrogens with zero attached hydrogens (tertiary/aromatic N) is 10. The molecule has 10 aromatic rings. The molecule has 0 aliphatic carbocycles. The Bertz CT molecular complexity index is 4660. The Hall–Kier alpha value is -10.0. The summed E-state index contributed by atoms with van der Waals surface area (Å²) in [5.74, 6) is 0.505. The van der Waals surface area contributed by atoms with E-state index >= 15 is 0 Å². The second-order valence-electron chi connectivity index (χ2n) is 20.1. The van der Waals surface area contributed by atoms with Crippen molar-refractivity contribution in [1.82, 2.24) is 37.7 Å². The van der Waals surface area contributed by atoms with E-state index < -0.39 is 33.4 Å². The Labute approximate surface area is 513 Å². The van der Waals surface area contributed by atoms with Gasteiger partial charge in [-0.05, 0) is 101 Å². The molecule has 0 unspecified atom stereocenters. The zero-order valence-electron chi connectivity index (χ0n) is 48.3. The number of para-hydroxylation sites is 2. The SMILES string of the molecule is CN(C)S(=O)(=O)Cc1cccc(B(O)O)c1.[C-]#[N+]c1cnc(N)nc1N[C@@H](C)c1cc2cccc(-c3cccc(NS(=O)(=O)N(C)C)c3)c2c(=O)n1-c1ccccc1.[C-]#[N+]c1cnc(N)nc1N[C@@H](C)c1cc2cccc(Cl)c2c(=O)n1-c1ccccc1. The summed E-state index contributed by atoms with van der Waals surface area (Å²) in [6, 6.07) is 45.6. The van der Waals surface area contributed by atoms with Gasteiger partial charge in [-0.1, -0.05) is 115 Å². The second-order valence-corrected chi connectivity index (χ2v) is 24.5. The molecular formula is C61H59BClN15O8S2. The number of fused-ring (bicyclic) bond motifs is 2. The minimum Gasteiger partial charge on any atom is -0.423 e. The maximum absolute atomic E-state index is 14.4. The zero-order valence-corrected chi connectivity index (χ0v) is 50.7. The number of rotatable bonds is 16. The van der Waals surface area contributed by atoms with Crippen molar-refractivity contribution >= 4 is 107 Å². The molecule has 27 heteroatoms. The van der Waals surface area contributed by atoms with Crippen LogP contribution < -0.4 is 43.4 Å². The van der Waals surface area contributed by atoms with E-state index in [9.17, 15) is 26.4 Å². The topological polar surface area (TPSA) is 308 Å². The van der Waals surface area contributed by atoms with Gasteiger partial charge in [0.05, 0.1) is 52.5 Å². The van der Waals surface area contributed by atoms with Crippen LogP contribution in [0.5, 0.6) is 0 Å². The Morgan fingerprint density at radius 1 is 0.625 bits per heavy atom. The maximum atomic E-state index is 14.4. The van der Waals surface area contributed by atoms with Gasteiger partial charge in [-0.25, -0.2) is 42.3 Å². The molecule has 0 saturated heterocycles. The van der Waals surface area contributed by atoms with Crippen molar-refractivity contribution in [3.05, 3.63) is 236 Å². The van der Waals surface area contributed by atoms with Gasteiger partial charge in [0.25, 0.3) is 11.1 Å². The van der Waals surface area contributed by atoms with Gasteiger partial charge in [0.1, 0.15) is 11.6 Å². The minimum absolute atomic E-state index is 0.0239. The highest BCUT2D eigenvalue weighted by molar-refractivity contribution is 7.90. The predicted molar refractivity (Wildman–Crippen MR) is 348 cm³/mol. The fourth-order valence-electron chi connectivity index (χ4n) is 9.17. The number of aromatic nitrogens is 6. The third-order valence-electron chi connectivity index (χ3n) is 13.6. The van der Waals surface area contributed by atoms with E-state index in [1.165, 1.54) is 52.7 Å². The van der Waals surface area contributed by atoms with Crippen LogP contribution in [-0.2, 0) is 26.0 Å². The van der Waals surface area contributed by atoms with Crippen molar-refractivity contribution in [3.63, 3.8) is 0 Å². The molecule has 0 aliphatic heterocycles. The molecule has 0 amide bonds. The molecule has 0 saturated carbocycles. The summed E-state index contributed by atoms with van der Waals surface area (Å²) in [7, 11) is -2.82. The standard InChI is InChI=1S/C30H28N8O3S.C22H17ClN6O.C9H14BNO4S/c1-19(34-28-25(32-2)18-33-30(31)35-28)26-17-21-11-9-15-24(27(21)29(39)38(26)23-13-6-5-7-14-23)20-10-8-12-22(16-20)36-42(40,41)37(3)4;1-13(27-20-17(25-2)12-26-22(24)28-20)18-11-14-7-6-10-16(23)19(14)21(30)29(18)15-8-4-3-5-9-15;1-11(2)16(14,15)7-8-4-3-5-9(6-8)10(12)13/h5-19,36H,1,3-4H3,(H3,31,33,34,35);3-13H,1H3,(H3,24,26,27,28);3-6,12-13H,7H2,1-2H3/t19-;13-;/m00./s1. The average molecular weight is 1240 g/mol. The monoisotopic (exact) mass is 1240 g/mol. The van der Waals surface area contributed by atoms with E-state index in [4.69, 9.17) is 46.3 Å². The first-order valence-corrected chi connectivity index (χ1v) is 30.2. The molecule has 0 bridgehead atoms. The lowest BCUT2D eigenvalue weighted by Crippen LogP contribution is -2.30. The fourth-order valence-corrected chi connectivity index (χ4v) is 10.9. The number of nitrogen functional groups attached to an aromatic ring is 2. The van der Waals surface area contributed by atoms with Crippen LogP contribution in [0.1, 0.15) is 42.9 Å². The van der Waals surface area contributed by atoms with Crippen LogP contribution in [0.25, 0.3) is 53.7 Å². The van der Waals surface area contributed by atoms with Gasteiger partial charge < -0.3 is 32.1 Å². The van der Waals surface area contributed by atoms with E-state index in [1.54, 1.807) is 51.6 Å². The summed E-state index contributed by atoms with van der Waals surface area (Å²) >= 11 is 6.35. The summed E-state index contributed by atoms with van der Waals surface area (Å²) in [6.07, 6.45) is 2.73. The van der Waals surface area contributed by atoms with E-state index in [0.29, 0.717) is 72.1 Å². The summed E-state index contributed by atoms with van der Waals surface area (Å²) in [5.41, 5.74) is 16.7. The number of halogens is 1. The van der Waals surface area contributed by atoms with Gasteiger partial charge in [0.2, 0.25) is 33.3 Å². The molecule has 4 aromatic heterocycles. The van der Waals surface area contributed by atoms with E-state index in [2.05, 4.69) is 45.0 Å². The lowest BCUT2D eigenvalue weighted by Gasteiger charge is -2.22. The van der Waals surface area contributed by atoms with Crippen LogP contribution in [0.3, 0.4) is 0 Å². The predicted octanol–water partition coefficient (Wildman–Crippen LogP) is 8.47. The number of sulfonamides is 1. The number of anilines is 5. The van der Waals surface area contributed by atoms with Crippen molar-refractivity contribution in [2.75, 3.05) is 55.0 Å². The molecule has 4 heterocycles. The molecule has 10 rings (SSSR count). The highest BCUT2D eigenvalue weighted by Gasteiger charge is 2.23. The molecular weight excluding hydrogens is 1180 g/mol. The van der Waals surface area contributed by atoms with E-state index in [-0.39, 0.29) is 57.5 Å². The van der Waals surface area contributed by atoms with Crippen LogP contribution in [0.4, 0.5) is 40.6 Å². The van der Waals surface area contributed by atoms with Gasteiger partial charge in [0, 0.05) is 63.3 Å². The molecule has 0 radical (unpaired) electrons. The molecule has 0 spiro atoms. The molecule has 0 aliphatic rings. The largest absolute Gasteiger partial charge is 0.488 e. The van der Waals surface area contributed by atoms with Crippen LogP contribution in [-0.4, -0.2) is 99.9 Å². The van der Waals surface area contributed by atoms with Crippen molar-refractivity contribution in [2.24, 2.45) is 0 Å². The summed E-state index contributed by atoms with van der Waals surface area (Å²) < 4.78 is 56.0. The molecule has 23 nitrogen and oxygen atoms in total. The van der Waals surface area contributed by atoms with Gasteiger partial charge in [0.15, 0.2) is 0 Å². The maximum Gasteiger partial charge on any atom is 0.488 e. The minimum atomic E-state index is -3.72. The number of hydrogen-bond acceptors (Lipinski definition) is 16. The van der Waals surface area contributed by atoms with Crippen LogP contribution in [0, 0.1) is 13.1 Å². The van der Waals surface area contributed by atoms with Gasteiger partial charge in [-0.2, -0.15) is 12.7 Å². The Balaban J connectivity index is 0.000000189. The molecule has 6 aromatic carbocycles. The fraction of sp³-hybridized carbons (Fsp3) is 0.148. The van der Waals surface area contributed by atoms with Crippen molar-refractivity contribution < 1.29 is 26.9 Å². The number of hydrogen-bond donors (Lipinski definition) is 7. The van der Waals surface area contributed by atoms with Crippen LogP contribution in [0.15, 0.2) is 180 Å². The van der Waals surface area contributed by atoms with Gasteiger partial charge in [-0.15, -0.1) is 0 Å². The molecule has 88 heavy (non-hydrogen) atoms.